The van der Waals surface area contributed by atoms with Crippen molar-refractivity contribution < 1.29 is 14.7 Å². The predicted octanol–water partition coefficient (Wildman–Crippen LogP) is 2.96. The molecule has 0 aliphatic rings. The Hall–Kier alpha value is -1.84. The highest BCUT2D eigenvalue weighted by atomic mass is 16.4. The lowest BCUT2D eigenvalue weighted by molar-refractivity contribution is -0.134. The molecule has 1 aromatic carbocycles. The highest BCUT2D eigenvalue weighted by Crippen LogP contribution is 2.18. The largest absolute Gasteiger partial charge is 0.478 e. The molecule has 1 rings (SSSR count). The first-order valence-corrected chi connectivity index (χ1v) is 6.87. The van der Waals surface area contributed by atoms with Crippen molar-refractivity contribution in [2.75, 3.05) is 7.05 Å². The minimum Gasteiger partial charge on any atom is -0.478 e. The number of hydrogen-bond donors (Lipinski definition) is 1. The van der Waals surface area contributed by atoms with Crippen LogP contribution in [-0.2, 0) is 11.2 Å². The van der Waals surface area contributed by atoms with Crippen molar-refractivity contribution in [3.05, 3.63) is 35.4 Å². The van der Waals surface area contributed by atoms with Crippen LogP contribution in [0.5, 0.6) is 0 Å². The van der Waals surface area contributed by atoms with Gasteiger partial charge in [0.2, 0.25) is 5.91 Å². The number of aromatic carboxylic acids is 1. The fourth-order valence-corrected chi connectivity index (χ4v) is 1.81. The van der Waals surface area contributed by atoms with Gasteiger partial charge in [0.25, 0.3) is 0 Å². The number of benzene rings is 1. The molecule has 1 N–H and O–H groups in total. The smallest absolute Gasteiger partial charge is 0.335 e. The maximum absolute atomic E-state index is 12.1. The van der Waals surface area contributed by atoms with Crippen LogP contribution in [0, 0.1) is 0 Å². The molecule has 0 aliphatic carbocycles. The van der Waals surface area contributed by atoms with E-state index in [-0.39, 0.29) is 17.0 Å². The normalized spacial score (nSPS) is 11.2. The first-order valence-electron chi connectivity index (χ1n) is 6.87. The zero-order valence-corrected chi connectivity index (χ0v) is 12.6. The summed E-state index contributed by atoms with van der Waals surface area (Å²) in [7, 11) is 1.83. The maximum atomic E-state index is 12.1. The summed E-state index contributed by atoms with van der Waals surface area (Å²) in [6.07, 6.45) is 1.97. The van der Waals surface area contributed by atoms with Gasteiger partial charge < -0.3 is 10.0 Å². The molecule has 0 bridgehead atoms. The summed E-state index contributed by atoms with van der Waals surface area (Å²) in [6, 6.07) is 6.67. The van der Waals surface area contributed by atoms with Crippen LogP contribution in [0.15, 0.2) is 24.3 Å². The monoisotopic (exact) mass is 277 g/mol. The summed E-state index contributed by atoms with van der Waals surface area (Å²) in [5.74, 6) is -0.823. The topological polar surface area (TPSA) is 57.6 Å². The molecule has 110 valence electrons. The number of carboxylic acids is 1. The van der Waals surface area contributed by atoms with Gasteiger partial charge in [-0.2, -0.15) is 0 Å². The first kappa shape index (κ1) is 16.2. The zero-order valence-electron chi connectivity index (χ0n) is 12.6. The second kappa shape index (κ2) is 6.55. The molecule has 4 nitrogen and oxygen atoms in total. The fraction of sp³-hybridized carbons (Fsp3) is 0.500. The van der Waals surface area contributed by atoms with Crippen molar-refractivity contribution in [3.8, 4) is 0 Å². The van der Waals surface area contributed by atoms with E-state index in [2.05, 4.69) is 6.92 Å². The summed E-state index contributed by atoms with van der Waals surface area (Å²) in [5.41, 5.74) is 1.11. The highest BCUT2D eigenvalue weighted by molar-refractivity contribution is 5.87. The molecule has 0 aliphatic heterocycles. The highest BCUT2D eigenvalue weighted by Gasteiger charge is 2.24. The van der Waals surface area contributed by atoms with Crippen molar-refractivity contribution >= 4 is 11.9 Å². The zero-order chi connectivity index (χ0) is 15.3. The molecule has 0 fully saturated rings. The fourth-order valence-electron chi connectivity index (χ4n) is 1.81. The molecular weight excluding hydrogens is 254 g/mol. The van der Waals surface area contributed by atoms with Crippen molar-refractivity contribution in [3.63, 3.8) is 0 Å². The van der Waals surface area contributed by atoms with Gasteiger partial charge >= 0.3 is 5.97 Å². The van der Waals surface area contributed by atoms with E-state index < -0.39 is 5.97 Å². The number of carboxylic acid groups (broad SMARTS) is 1. The molecule has 0 spiro atoms. The van der Waals surface area contributed by atoms with E-state index in [0.717, 1.165) is 12.0 Å². The SMILES string of the molecule is CCC(C)(C)N(C)C(=O)CCc1ccc(C(=O)O)cc1. The molecule has 1 amide bonds. The lowest BCUT2D eigenvalue weighted by Crippen LogP contribution is -2.44. The summed E-state index contributed by atoms with van der Waals surface area (Å²) in [6.45, 7) is 6.16. The number of aryl methyl sites for hydroxylation is 1. The van der Waals surface area contributed by atoms with Crippen molar-refractivity contribution in [2.45, 2.75) is 45.6 Å². The van der Waals surface area contributed by atoms with Gasteiger partial charge in [-0.15, -0.1) is 0 Å². The Labute approximate surface area is 120 Å². The van der Waals surface area contributed by atoms with Crippen LogP contribution in [0.2, 0.25) is 0 Å². The van der Waals surface area contributed by atoms with Gasteiger partial charge in [0, 0.05) is 19.0 Å². The molecular formula is C16H23NO3. The number of nitrogens with zero attached hydrogens (tertiary/aromatic N) is 1. The first-order chi connectivity index (χ1) is 9.27. The second-order valence-electron chi connectivity index (χ2n) is 5.62. The maximum Gasteiger partial charge on any atom is 0.335 e. The molecule has 0 atom stereocenters. The third kappa shape index (κ3) is 4.08. The van der Waals surface area contributed by atoms with E-state index in [4.69, 9.17) is 5.11 Å². The molecule has 1 aromatic rings. The second-order valence-corrected chi connectivity index (χ2v) is 5.62. The Kier molecular flexibility index (Phi) is 5.31. The third-order valence-electron chi connectivity index (χ3n) is 3.98. The number of amides is 1. The van der Waals surface area contributed by atoms with E-state index >= 15 is 0 Å². The minimum absolute atomic E-state index is 0.110. The van der Waals surface area contributed by atoms with Gasteiger partial charge in [0.1, 0.15) is 0 Å². The number of rotatable bonds is 6. The van der Waals surface area contributed by atoms with E-state index in [0.29, 0.717) is 12.8 Å². The Morgan fingerprint density at radius 1 is 1.20 bits per heavy atom. The molecule has 4 heteroatoms. The standard InChI is InChI=1S/C16H23NO3/c1-5-16(2,3)17(4)14(18)11-8-12-6-9-13(10-7-12)15(19)20/h6-7,9-10H,5,8,11H2,1-4H3,(H,19,20). The van der Waals surface area contributed by atoms with Crippen LogP contribution >= 0.6 is 0 Å². The lowest BCUT2D eigenvalue weighted by atomic mass is 9.99. The van der Waals surface area contributed by atoms with E-state index in [1.54, 1.807) is 29.2 Å². The number of hydrogen-bond acceptors (Lipinski definition) is 2. The van der Waals surface area contributed by atoms with Gasteiger partial charge in [0.05, 0.1) is 5.56 Å². The van der Waals surface area contributed by atoms with E-state index in [1.165, 1.54) is 0 Å². The minimum atomic E-state index is -0.933. The summed E-state index contributed by atoms with van der Waals surface area (Å²) in [5, 5.41) is 8.82. The molecule has 0 saturated heterocycles. The van der Waals surface area contributed by atoms with Gasteiger partial charge in [-0.3, -0.25) is 4.79 Å². The van der Waals surface area contributed by atoms with E-state index in [1.807, 2.05) is 20.9 Å². The molecule has 0 heterocycles. The van der Waals surface area contributed by atoms with Crippen molar-refractivity contribution in [2.24, 2.45) is 0 Å². The number of carbonyl (C=O) groups is 2. The van der Waals surface area contributed by atoms with Crippen LogP contribution in [0.3, 0.4) is 0 Å². The average Bonchev–Trinajstić information content (AvgIpc) is 2.44. The quantitative estimate of drug-likeness (QED) is 0.869. The summed E-state index contributed by atoms with van der Waals surface area (Å²) < 4.78 is 0. The van der Waals surface area contributed by atoms with Gasteiger partial charge in [0.15, 0.2) is 0 Å². The van der Waals surface area contributed by atoms with Crippen LogP contribution in [0.1, 0.15) is 49.5 Å². The van der Waals surface area contributed by atoms with Crippen LogP contribution in [-0.4, -0.2) is 34.5 Å². The Morgan fingerprint density at radius 3 is 2.20 bits per heavy atom. The van der Waals surface area contributed by atoms with Crippen molar-refractivity contribution in [1.29, 1.82) is 0 Å². The molecule has 0 saturated carbocycles. The Morgan fingerprint density at radius 2 is 1.75 bits per heavy atom. The third-order valence-corrected chi connectivity index (χ3v) is 3.98. The summed E-state index contributed by atoms with van der Waals surface area (Å²) in [4.78, 5) is 24.7. The lowest BCUT2D eigenvalue weighted by Gasteiger charge is -2.35. The Bertz CT molecular complexity index is 477. The van der Waals surface area contributed by atoms with Gasteiger partial charge in [-0.05, 0) is 44.4 Å². The molecule has 20 heavy (non-hydrogen) atoms. The van der Waals surface area contributed by atoms with Crippen LogP contribution < -0.4 is 0 Å². The van der Waals surface area contributed by atoms with E-state index in [9.17, 15) is 9.59 Å². The predicted molar refractivity (Wildman–Crippen MR) is 78.9 cm³/mol. The van der Waals surface area contributed by atoms with Gasteiger partial charge in [-0.25, -0.2) is 4.79 Å². The molecule has 0 unspecified atom stereocenters. The van der Waals surface area contributed by atoms with Crippen LogP contribution in [0.4, 0.5) is 0 Å². The number of carbonyl (C=O) groups excluding carboxylic acids is 1. The van der Waals surface area contributed by atoms with Gasteiger partial charge in [-0.1, -0.05) is 19.1 Å². The molecule has 0 radical (unpaired) electrons. The Balaban J connectivity index is 2.59. The van der Waals surface area contributed by atoms with Crippen LogP contribution in [0.25, 0.3) is 0 Å². The van der Waals surface area contributed by atoms with Crippen molar-refractivity contribution in [1.82, 2.24) is 4.90 Å². The average molecular weight is 277 g/mol. The summed E-state index contributed by atoms with van der Waals surface area (Å²) >= 11 is 0. The molecule has 0 aromatic heterocycles.